The lowest BCUT2D eigenvalue weighted by Gasteiger charge is -2.14. The van der Waals surface area contributed by atoms with Crippen LogP contribution in [0, 0.1) is 0 Å². The number of methoxy groups -OCH3 is 2. The van der Waals surface area contributed by atoms with Crippen LogP contribution >= 0.6 is 0 Å². The minimum Gasteiger partial charge on any atom is -0.497 e. The second kappa shape index (κ2) is 9.18. The van der Waals surface area contributed by atoms with E-state index in [-0.39, 0.29) is 5.91 Å². The smallest absolute Gasteiger partial charge is 0.257 e. The first-order valence-electron chi connectivity index (χ1n) is 10.9. The molecule has 0 spiro atoms. The predicted octanol–water partition coefficient (Wildman–Crippen LogP) is 5.38. The van der Waals surface area contributed by atoms with Crippen LogP contribution in [0.3, 0.4) is 0 Å². The summed E-state index contributed by atoms with van der Waals surface area (Å²) in [5.41, 5.74) is 9.59. The van der Waals surface area contributed by atoms with Gasteiger partial charge in [-0.15, -0.1) is 0 Å². The molecule has 8 heteroatoms. The number of carbonyl (C=O) groups is 1. The molecule has 2 heterocycles. The Balaban J connectivity index is 1.51. The molecule has 0 bridgehead atoms. The maximum atomic E-state index is 13.1. The minimum absolute atomic E-state index is 0.323. The van der Waals surface area contributed by atoms with Crippen molar-refractivity contribution in [3.8, 4) is 11.5 Å². The first-order chi connectivity index (χ1) is 17.1. The van der Waals surface area contributed by atoms with Gasteiger partial charge in [0, 0.05) is 51.6 Å². The molecule has 0 unspecified atom stereocenters. The number of carbonyl (C=O) groups excluding carboxylic acids is 1. The SMILES string of the molecule is COc1cc(OC)cc(C(=O)Nc2nccc3c(Nc4ccnc5c(N)cccc45)cccc23)c1. The Labute approximate surface area is 201 Å². The number of aromatic nitrogens is 2. The van der Waals surface area contributed by atoms with Crippen LogP contribution in [0.15, 0.2) is 79.1 Å². The van der Waals surface area contributed by atoms with Crippen molar-refractivity contribution >= 4 is 50.5 Å². The summed E-state index contributed by atoms with van der Waals surface area (Å²) in [5, 5.41) is 9.01. The lowest BCUT2D eigenvalue weighted by Crippen LogP contribution is -2.13. The Hall–Kier alpha value is -4.85. The van der Waals surface area contributed by atoms with Crippen LogP contribution in [0.5, 0.6) is 11.5 Å². The highest BCUT2D eigenvalue weighted by Crippen LogP contribution is 2.33. The van der Waals surface area contributed by atoms with E-state index >= 15 is 0 Å². The summed E-state index contributed by atoms with van der Waals surface area (Å²) in [6.07, 6.45) is 3.39. The van der Waals surface area contributed by atoms with Crippen LogP contribution in [-0.4, -0.2) is 30.1 Å². The third kappa shape index (κ3) is 4.24. The van der Waals surface area contributed by atoms with E-state index in [1.807, 2.05) is 48.5 Å². The summed E-state index contributed by atoms with van der Waals surface area (Å²) >= 11 is 0. The quantitative estimate of drug-likeness (QED) is 0.289. The van der Waals surface area contributed by atoms with Gasteiger partial charge in [-0.05, 0) is 36.4 Å². The number of fused-ring (bicyclic) bond motifs is 2. The molecule has 0 aliphatic carbocycles. The first-order valence-corrected chi connectivity index (χ1v) is 10.9. The molecule has 8 nitrogen and oxygen atoms in total. The van der Waals surface area contributed by atoms with E-state index in [0.717, 1.165) is 33.1 Å². The Kier molecular flexibility index (Phi) is 5.76. The zero-order valence-electron chi connectivity index (χ0n) is 19.2. The van der Waals surface area contributed by atoms with E-state index < -0.39 is 0 Å². The molecule has 5 rings (SSSR count). The van der Waals surface area contributed by atoms with Crippen LogP contribution in [0.2, 0.25) is 0 Å². The third-order valence-electron chi connectivity index (χ3n) is 5.72. The van der Waals surface area contributed by atoms with Gasteiger partial charge in [-0.1, -0.05) is 24.3 Å². The molecule has 0 saturated carbocycles. The fourth-order valence-electron chi connectivity index (χ4n) is 3.99. The number of hydrogen-bond acceptors (Lipinski definition) is 7. The number of anilines is 4. The van der Waals surface area contributed by atoms with Crippen LogP contribution in [0.4, 0.5) is 22.9 Å². The highest BCUT2D eigenvalue weighted by molar-refractivity contribution is 6.11. The van der Waals surface area contributed by atoms with Crippen molar-refractivity contribution in [1.29, 1.82) is 0 Å². The van der Waals surface area contributed by atoms with E-state index in [2.05, 4.69) is 20.6 Å². The molecule has 1 amide bonds. The Morgan fingerprint density at radius 2 is 1.49 bits per heavy atom. The van der Waals surface area contributed by atoms with Crippen molar-refractivity contribution in [2.75, 3.05) is 30.6 Å². The van der Waals surface area contributed by atoms with Crippen LogP contribution in [0.25, 0.3) is 21.7 Å². The number of rotatable bonds is 6. The number of amides is 1. The van der Waals surface area contributed by atoms with Gasteiger partial charge in [-0.2, -0.15) is 0 Å². The number of ether oxygens (including phenoxy) is 2. The van der Waals surface area contributed by atoms with Crippen LogP contribution in [0.1, 0.15) is 10.4 Å². The van der Waals surface area contributed by atoms with Crippen molar-refractivity contribution in [1.82, 2.24) is 9.97 Å². The average molecular weight is 466 g/mol. The lowest BCUT2D eigenvalue weighted by atomic mass is 10.1. The van der Waals surface area contributed by atoms with Crippen molar-refractivity contribution in [3.05, 3.63) is 84.7 Å². The van der Waals surface area contributed by atoms with Gasteiger partial charge in [0.2, 0.25) is 0 Å². The number of nitrogens with zero attached hydrogens (tertiary/aromatic N) is 2. The number of para-hydroxylation sites is 1. The fourth-order valence-corrected chi connectivity index (χ4v) is 3.99. The summed E-state index contributed by atoms with van der Waals surface area (Å²) in [4.78, 5) is 21.9. The van der Waals surface area contributed by atoms with Gasteiger partial charge < -0.3 is 25.8 Å². The molecule has 0 atom stereocenters. The molecule has 0 fully saturated rings. The standard InChI is InChI=1S/C27H23N5O3/c1-34-17-13-16(14-18(15-17)35-2)27(33)32-26-20-5-4-8-23(19(20)9-11-30-26)31-24-10-12-29-25-21(24)6-3-7-22(25)28/h3-15H,28H2,1-2H3,(H,29,31)(H,30,32,33). The maximum absolute atomic E-state index is 13.1. The summed E-state index contributed by atoms with van der Waals surface area (Å²) in [7, 11) is 3.08. The largest absolute Gasteiger partial charge is 0.497 e. The molecule has 0 aliphatic rings. The first kappa shape index (κ1) is 22.0. The van der Waals surface area contributed by atoms with E-state index in [1.165, 1.54) is 14.2 Å². The van der Waals surface area contributed by atoms with Gasteiger partial charge in [-0.3, -0.25) is 9.78 Å². The van der Waals surface area contributed by atoms with Crippen LogP contribution < -0.4 is 25.8 Å². The summed E-state index contributed by atoms with van der Waals surface area (Å²) in [5.74, 6) is 1.17. The molecule has 174 valence electrons. The van der Waals surface area contributed by atoms with Crippen molar-refractivity contribution < 1.29 is 14.3 Å². The van der Waals surface area contributed by atoms with E-state index in [0.29, 0.717) is 28.6 Å². The molecule has 0 radical (unpaired) electrons. The minimum atomic E-state index is -0.323. The summed E-state index contributed by atoms with van der Waals surface area (Å²) in [6, 6.07) is 20.3. The zero-order valence-corrected chi connectivity index (χ0v) is 19.2. The van der Waals surface area contributed by atoms with Gasteiger partial charge in [0.15, 0.2) is 0 Å². The topological polar surface area (TPSA) is 111 Å². The van der Waals surface area contributed by atoms with Gasteiger partial charge in [0.05, 0.1) is 25.4 Å². The molecule has 3 aromatic carbocycles. The maximum Gasteiger partial charge on any atom is 0.257 e. The molecule has 0 aliphatic heterocycles. The lowest BCUT2D eigenvalue weighted by molar-refractivity contribution is 0.102. The second-order valence-corrected chi connectivity index (χ2v) is 7.84. The van der Waals surface area contributed by atoms with Gasteiger partial charge in [0.1, 0.15) is 17.3 Å². The van der Waals surface area contributed by atoms with Crippen molar-refractivity contribution in [3.63, 3.8) is 0 Å². The van der Waals surface area contributed by atoms with E-state index in [9.17, 15) is 4.79 Å². The number of nitrogens with one attached hydrogen (secondary N) is 2. The Morgan fingerprint density at radius 1 is 0.800 bits per heavy atom. The third-order valence-corrected chi connectivity index (χ3v) is 5.72. The van der Waals surface area contributed by atoms with Crippen molar-refractivity contribution in [2.24, 2.45) is 0 Å². The van der Waals surface area contributed by atoms with Gasteiger partial charge in [-0.25, -0.2) is 4.98 Å². The number of benzene rings is 3. The van der Waals surface area contributed by atoms with Crippen molar-refractivity contribution in [2.45, 2.75) is 0 Å². The Bertz CT molecular complexity index is 1550. The fraction of sp³-hybridized carbons (Fsp3) is 0.0741. The number of hydrogen-bond donors (Lipinski definition) is 3. The highest BCUT2D eigenvalue weighted by atomic mass is 16.5. The molecule has 5 aromatic rings. The second-order valence-electron chi connectivity index (χ2n) is 7.84. The molecule has 0 saturated heterocycles. The number of pyridine rings is 2. The van der Waals surface area contributed by atoms with Gasteiger partial charge >= 0.3 is 0 Å². The molecule has 35 heavy (non-hydrogen) atoms. The summed E-state index contributed by atoms with van der Waals surface area (Å²) in [6.45, 7) is 0. The molecular formula is C27H23N5O3. The average Bonchev–Trinajstić information content (AvgIpc) is 2.89. The molecular weight excluding hydrogens is 442 g/mol. The summed E-state index contributed by atoms with van der Waals surface area (Å²) < 4.78 is 10.6. The monoisotopic (exact) mass is 465 g/mol. The normalized spacial score (nSPS) is 10.8. The number of nitrogen functional groups attached to an aromatic ring is 1. The molecule has 4 N–H and O–H groups in total. The Morgan fingerprint density at radius 3 is 2.26 bits per heavy atom. The van der Waals surface area contributed by atoms with E-state index in [1.54, 1.807) is 30.6 Å². The molecule has 2 aromatic heterocycles. The van der Waals surface area contributed by atoms with Crippen LogP contribution in [-0.2, 0) is 0 Å². The zero-order chi connectivity index (χ0) is 24.4. The van der Waals surface area contributed by atoms with Gasteiger partial charge in [0.25, 0.3) is 5.91 Å². The number of nitrogens with two attached hydrogens (primary N) is 1. The van der Waals surface area contributed by atoms with E-state index in [4.69, 9.17) is 15.2 Å². The highest BCUT2D eigenvalue weighted by Gasteiger charge is 2.14. The predicted molar refractivity (Wildman–Crippen MR) is 139 cm³/mol.